The van der Waals surface area contributed by atoms with Gasteiger partial charge in [-0.05, 0) is 18.4 Å². The summed E-state index contributed by atoms with van der Waals surface area (Å²) in [5.74, 6) is -0.197. The number of amides is 1. The molecule has 2 heterocycles. The van der Waals surface area contributed by atoms with Crippen molar-refractivity contribution in [3.05, 3.63) is 47.7 Å². The van der Waals surface area contributed by atoms with Crippen LogP contribution in [0.25, 0.3) is 0 Å². The summed E-state index contributed by atoms with van der Waals surface area (Å²) in [6.07, 6.45) is -0.708. The highest BCUT2D eigenvalue weighted by Crippen LogP contribution is 2.43. The van der Waals surface area contributed by atoms with Crippen LogP contribution >= 0.6 is 0 Å². The molecule has 1 aromatic carbocycles. The Hall–Kier alpha value is -2.51. The van der Waals surface area contributed by atoms with E-state index in [0.29, 0.717) is 0 Å². The fourth-order valence-corrected chi connectivity index (χ4v) is 3.92. The first-order valence-corrected chi connectivity index (χ1v) is 9.20. The number of carbonyl (C=O) groups excluding carboxylic acids is 1. The van der Waals surface area contributed by atoms with Gasteiger partial charge in [0.2, 0.25) is 0 Å². The molecule has 0 bridgehead atoms. The number of halogens is 3. The highest BCUT2D eigenvalue weighted by molar-refractivity contribution is 5.93. The van der Waals surface area contributed by atoms with Crippen molar-refractivity contribution in [1.82, 2.24) is 15.1 Å². The first-order valence-electron chi connectivity index (χ1n) is 9.20. The van der Waals surface area contributed by atoms with Crippen molar-refractivity contribution in [2.24, 2.45) is 0 Å². The number of aromatic nitrogens is 2. The van der Waals surface area contributed by atoms with E-state index >= 15 is 0 Å². The lowest BCUT2D eigenvalue weighted by Crippen LogP contribution is -2.36. The topological polar surface area (TPSA) is 59.0 Å². The maximum atomic E-state index is 13.7. The second kappa shape index (κ2) is 6.90. The van der Waals surface area contributed by atoms with Gasteiger partial charge in [0.05, 0.1) is 6.04 Å². The Kier molecular flexibility index (Phi) is 4.57. The molecule has 1 aliphatic heterocycles. The molecule has 0 unspecified atom stereocenters. The largest absolute Gasteiger partial charge is 0.410 e. The van der Waals surface area contributed by atoms with Crippen LogP contribution in [0.3, 0.4) is 0 Å². The van der Waals surface area contributed by atoms with Crippen molar-refractivity contribution >= 4 is 11.7 Å². The Labute approximate surface area is 154 Å². The van der Waals surface area contributed by atoms with E-state index in [1.54, 1.807) is 24.3 Å². The Balaban J connectivity index is 1.62. The smallest absolute Gasteiger partial charge is 0.363 e. The number of benzene rings is 1. The molecule has 1 amide bonds. The number of fused-ring (bicyclic) bond motifs is 1. The second-order valence-corrected chi connectivity index (χ2v) is 7.21. The molecule has 2 atom stereocenters. The van der Waals surface area contributed by atoms with Crippen LogP contribution in [0, 0.1) is 0 Å². The molecule has 1 fully saturated rings. The lowest BCUT2D eigenvalue weighted by atomic mass is 9.97. The van der Waals surface area contributed by atoms with E-state index in [9.17, 15) is 18.0 Å². The fourth-order valence-electron chi connectivity index (χ4n) is 3.92. The van der Waals surface area contributed by atoms with Gasteiger partial charge in [0.1, 0.15) is 5.82 Å². The van der Waals surface area contributed by atoms with Gasteiger partial charge in [-0.25, -0.2) is 4.68 Å². The molecule has 5 nitrogen and oxygen atoms in total. The molecule has 1 aromatic heterocycles. The van der Waals surface area contributed by atoms with Crippen LogP contribution < -0.4 is 10.6 Å². The first-order chi connectivity index (χ1) is 12.9. The van der Waals surface area contributed by atoms with Gasteiger partial charge in [0.15, 0.2) is 11.7 Å². The standard InChI is InChI=1S/C19H21F3N4O/c20-19(21,22)16-10-14(12-6-2-1-3-7-12)24-17-11-15(25-26(16)17)18(27)23-13-8-4-5-9-13/h1-3,6-7,11,13-14,16,24H,4-5,8-10H2,(H,23,27)/t14-,16+/m0/s1. The number of hydrogen-bond acceptors (Lipinski definition) is 3. The molecule has 0 radical (unpaired) electrons. The average molecular weight is 378 g/mol. The van der Waals surface area contributed by atoms with Crippen LogP contribution in [0.5, 0.6) is 0 Å². The normalized spacial score (nSPS) is 22.9. The van der Waals surface area contributed by atoms with Crippen LogP contribution in [-0.2, 0) is 0 Å². The molecule has 8 heteroatoms. The van der Waals surface area contributed by atoms with Crippen LogP contribution in [0.1, 0.15) is 60.2 Å². The Morgan fingerprint density at radius 3 is 2.56 bits per heavy atom. The quantitative estimate of drug-likeness (QED) is 0.841. The van der Waals surface area contributed by atoms with Gasteiger partial charge in [-0.2, -0.15) is 18.3 Å². The molecule has 27 heavy (non-hydrogen) atoms. The SMILES string of the molecule is O=C(NC1CCCC1)c1cc2n(n1)[C@@H](C(F)(F)F)C[C@@H](c1ccccc1)N2. The molecule has 1 aliphatic carbocycles. The Morgan fingerprint density at radius 1 is 1.19 bits per heavy atom. The maximum absolute atomic E-state index is 13.7. The Morgan fingerprint density at radius 2 is 1.89 bits per heavy atom. The summed E-state index contributed by atoms with van der Waals surface area (Å²) >= 11 is 0. The summed E-state index contributed by atoms with van der Waals surface area (Å²) in [6, 6.07) is 8.24. The number of alkyl halides is 3. The van der Waals surface area contributed by atoms with Gasteiger partial charge >= 0.3 is 6.18 Å². The summed E-state index contributed by atoms with van der Waals surface area (Å²) in [5.41, 5.74) is 0.795. The predicted octanol–water partition coefficient (Wildman–Crippen LogP) is 4.22. The lowest BCUT2D eigenvalue weighted by Gasteiger charge is -2.33. The number of hydrogen-bond donors (Lipinski definition) is 2. The molecular formula is C19H21F3N4O. The zero-order valence-corrected chi connectivity index (χ0v) is 14.7. The zero-order chi connectivity index (χ0) is 19.0. The zero-order valence-electron chi connectivity index (χ0n) is 14.7. The minimum atomic E-state index is -4.45. The van der Waals surface area contributed by atoms with Gasteiger partial charge in [-0.3, -0.25) is 4.79 Å². The van der Waals surface area contributed by atoms with Gasteiger partial charge in [0, 0.05) is 18.5 Å². The van der Waals surface area contributed by atoms with Crippen molar-refractivity contribution < 1.29 is 18.0 Å². The molecule has 2 aromatic rings. The summed E-state index contributed by atoms with van der Waals surface area (Å²) < 4.78 is 41.9. The number of carbonyl (C=O) groups is 1. The van der Waals surface area contributed by atoms with E-state index in [2.05, 4.69) is 15.7 Å². The van der Waals surface area contributed by atoms with Crippen molar-refractivity contribution in [2.45, 2.75) is 56.4 Å². The minimum absolute atomic E-state index is 0.0207. The lowest BCUT2D eigenvalue weighted by molar-refractivity contribution is -0.173. The highest BCUT2D eigenvalue weighted by Gasteiger charge is 2.46. The molecule has 1 saturated carbocycles. The number of anilines is 1. The van der Waals surface area contributed by atoms with Crippen molar-refractivity contribution in [3.63, 3.8) is 0 Å². The Bertz CT molecular complexity index is 812. The molecule has 0 spiro atoms. The van der Waals surface area contributed by atoms with Gasteiger partial charge in [0.25, 0.3) is 5.91 Å². The van der Waals surface area contributed by atoms with Crippen molar-refractivity contribution in [3.8, 4) is 0 Å². The van der Waals surface area contributed by atoms with E-state index in [4.69, 9.17) is 0 Å². The number of nitrogens with one attached hydrogen (secondary N) is 2. The molecule has 0 saturated heterocycles. The van der Waals surface area contributed by atoms with E-state index in [0.717, 1.165) is 35.9 Å². The monoisotopic (exact) mass is 378 g/mol. The van der Waals surface area contributed by atoms with E-state index in [-0.39, 0.29) is 24.0 Å². The summed E-state index contributed by atoms with van der Waals surface area (Å²) in [6.45, 7) is 0. The van der Waals surface area contributed by atoms with E-state index < -0.39 is 24.2 Å². The van der Waals surface area contributed by atoms with Gasteiger partial charge in [-0.15, -0.1) is 0 Å². The van der Waals surface area contributed by atoms with E-state index in [1.807, 2.05) is 6.07 Å². The van der Waals surface area contributed by atoms with Gasteiger partial charge < -0.3 is 10.6 Å². The minimum Gasteiger partial charge on any atom is -0.363 e. The van der Waals surface area contributed by atoms with Gasteiger partial charge in [-0.1, -0.05) is 43.2 Å². The predicted molar refractivity (Wildman–Crippen MR) is 94.5 cm³/mol. The fraction of sp³-hybridized carbons (Fsp3) is 0.474. The first kappa shape index (κ1) is 17.9. The maximum Gasteiger partial charge on any atom is 0.410 e. The summed E-state index contributed by atoms with van der Waals surface area (Å²) in [5, 5.41) is 9.97. The van der Waals surface area contributed by atoms with Crippen LogP contribution in [0.2, 0.25) is 0 Å². The molecule has 4 rings (SSSR count). The van der Waals surface area contributed by atoms with Crippen molar-refractivity contribution in [1.29, 1.82) is 0 Å². The van der Waals surface area contributed by atoms with Crippen LogP contribution in [-0.4, -0.2) is 27.9 Å². The third-order valence-corrected chi connectivity index (χ3v) is 5.31. The third-order valence-electron chi connectivity index (χ3n) is 5.31. The average Bonchev–Trinajstić information content (AvgIpc) is 3.29. The van der Waals surface area contributed by atoms with Crippen LogP contribution in [0.15, 0.2) is 36.4 Å². The summed E-state index contributed by atoms with van der Waals surface area (Å²) in [4.78, 5) is 12.4. The number of nitrogens with zero attached hydrogens (tertiary/aromatic N) is 2. The third kappa shape index (κ3) is 3.65. The van der Waals surface area contributed by atoms with Crippen LogP contribution in [0.4, 0.5) is 19.0 Å². The van der Waals surface area contributed by atoms with E-state index in [1.165, 1.54) is 6.07 Å². The molecule has 2 aliphatic rings. The summed E-state index contributed by atoms with van der Waals surface area (Å²) in [7, 11) is 0. The molecule has 144 valence electrons. The number of rotatable bonds is 3. The molecular weight excluding hydrogens is 357 g/mol. The second-order valence-electron chi connectivity index (χ2n) is 7.21. The highest BCUT2D eigenvalue weighted by atomic mass is 19.4. The van der Waals surface area contributed by atoms with Crippen molar-refractivity contribution in [2.75, 3.05) is 5.32 Å². The molecule has 2 N–H and O–H groups in total.